The zero-order valence-electron chi connectivity index (χ0n) is 14.1. The van der Waals surface area contributed by atoms with Crippen molar-refractivity contribution < 1.29 is 9.53 Å². The van der Waals surface area contributed by atoms with Crippen LogP contribution in [0.3, 0.4) is 0 Å². The first-order chi connectivity index (χ1) is 11.1. The Morgan fingerprint density at radius 2 is 2.22 bits per heavy atom. The highest BCUT2D eigenvalue weighted by Gasteiger charge is 2.38. The summed E-state index contributed by atoms with van der Waals surface area (Å²) in [7, 11) is 2.02. The van der Waals surface area contributed by atoms with E-state index < -0.39 is 0 Å². The molecule has 3 atom stereocenters. The summed E-state index contributed by atoms with van der Waals surface area (Å²) in [6.07, 6.45) is 5.48. The quantitative estimate of drug-likeness (QED) is 0.819. The lowest BCUT2D eigenvalue weighted by atomic mass is 10.1. The van der Waals surface area contributed by atoms with E-state index in [1.165, 1.54) is 0 Å². The first-order valence-corrected chi connectivity index (χ1v) is 8.22. The van der Waals surface area contributed by atoms with Crippen molar-refractivity contribution in [2.45, 2.75) is 26.0 Å². The summed E-state index contributed by atoms with van der Waals surface area (Å²) in [5, 5.41) is 8.37. The monoisotopic (exact) mass is 319 g/mol. The zero-order valence-corrected chi connectivity index (χ0v) is 14.1. The van der Waals surface area contributed by atoms with E-state index in [0.29, 0.717) is 25.6 Å². The fourth-order valence-electron chi connectivity index (χ4n) is 3.30. The number of rotatable bonds is 3. The third kappa shape index (κ3) is 3.45. The summed E-state index contributed by atoms with van der Waals surface area (Å²) in [4.78, 5) is 16.7. The van der Waals surface area contributed by atoms with Crippen LogP contribution in [0.2, 0.25) is 0 Å². The minimum atomic E-state index is -0.339. The van der Waals surface area contributed by atoms with Gasteiger partial charge in [-0.3, -0.25) is 4.79 Å². The molecule has 0 radical (unpaired) electrons. The molecule has 0 bridgehead atoms. The summed E-state index contributed by atoms with van der Waals surface area (Å²) in [5.74, 6) is 0.445. The molecule has 7 heteroatoms. The van der Waals surface area contributed by atoms with Crippen LogP contribution in [0.25, 0.3) is 6.08 Å². The first-order valence-electron chi connectivity index (χ1n) is 8.22. The lowest BCUT2D eigenvalue weighted by molar-refractivity contribution is -0.147. The molecule has 23 heavy (non-hydrogen) atoms. The third-order valence-corrected chi connectivity index (χ3v) is 4.63. The van der Waals surface area contributed by atoms with Gasteiger partial charge in [0.25, 0.3) is 5.91 Å². The molecule has 1 unspecified atom stereocenters. The number of likely N-dealkylation sites (N-methyl/N-ethyl adjacent to an activating group) is 1. The summed E-state index contributed by atoms with van der Waals surface area (Å²) >= 11 is 0. The van der Waals surface area contributed by atoms with E-state index in [1.54, 1.807) is 0 Å². The Labute approximate surface area is 136 Å². The Morgan fingerprint density at radius 3 is 2.96 bits per heavy atom. The maximum atomic E-state index is 12.7. The smallest absolute Gasteiger partial charge is 0.253 e. The van der Waals surface area contributed by atoms with Gasteiger partial charge in [-0.25, -0.2) is 4.68 Å². The molecule has 1 amide bonds. The van der Waals surface area contributed by atoms with Crippen molar-refractivity contribution >= 4 is 12.0 Å². The topological polar surface area (TPSA) is 63.5 Å². The normalized spacial score (nSPS) is 29.5. The lowest BCUT2D eigenvalue weighted by Crippen LogP contribution is -2.49. The van der Waals surface area contributed by atoms with Gasteiger partial charge in [-0.1, -0.05) is 18.2 Å². The standard InChI is InChI=1S/C16H25N5O2/c1-4-5-13-9-21(18-17-13)14-10-20(8-12(14)2)16(22)15-11-19(3)6-7-23-15/h4-5,9,12,14-15H,6-8,10-11H2,1-3H3/b5-4+/t12-,14+,15?/m0/s1. The molecule has 2 saturated heterocycles. The number of carbonyl (C=O) groups is 1. The molecule has 2 aliphatic rings. The number of ether oxygens (including phenoxy) is 1. The van der Waals surface area contributed by atoms with Gasteiger partial charge in [0.15, 0.2) is 0 Å². The van der Waals surface area contributed by atoms with Crippen LogP contribution in [0.5, 0.6) is 0 Å². The maximum absolute atomic E-state index is 12.7. The summed E-state index contributed by atoms with van der Waals surface area (Å²) in [6, 6.07) is 0.173. The van der Waals surface area contributed by atoms with Gasteiger partial charge in [-0.15, -0.1) is 5.10 Å². The zero-order chi connectivity index (χ0) is 16.4. The lowest BCUT2D eigenvalue weighted by Gasteiger charge is -2.31. The molecule has 3 heterocycles. The van der Waals surface area contributed by atoms with Gasteiger partial charge in [0.2, 0.25) is 0 Å². The highest BCUT2D eigenvalue weighted by Crippen LogP contribution is 2.28. The molecule has 7 nitrogen and oxygen atoms in total. The van der Waals surface area contributed by atoms with Gasteiger partial charge < -0.3 is 14.5 Å². The molecule has 0 saturated carbocycles. The van der Waals surface area contributed by atoms with Crippen molar-refractivity contribution in [2.75, 3.05) is 39.8 Å². The number of likely N-dealkylation sites (tertiary alicyclic amines) is 1. The van der Waals surface area contributed by atoms with Crippen molar-refractivity contribution in [3.63, 3.8) is 0 Å². The molecule has 126 valence electrons. The van der Waals surface area contributed by atoms with Crippen LogP contribution in [0, 0.1) is 5.92 Å². The van der Waals surface area contributed by atoms with E-state index in [1.807, 2.05) is 41.9 Å². The van der Waals surface area contributed by atoms with Crippen molar-refractivity contribution in [3.8, 4) is 0 Å². The molecule has 0 N–H and O–H groups in total. The number of amides is 1. The van der Waals surface area contributed by atoms with Gasteiger partial charge >= 0.3 is 0 Å². The van der Waals surface area contributed by atoms with Crippen LogP contribution < -0.4 is 0 Å². The Hall–Kier alpha value is -1.73. The fourth-order valence-corrected chi connectivity index (χ4v) is 3.30. The van der Waals surface area contributed by atoms with E-state index in [2.05, 4.69) is 22.1 Å². The number of morpholine rings is 1. The van der Waals surface area contributed by atoms with Crippen LogP contribution in [-0.2, 0) is 9.53 Å². The average molecular weight is 319 g/mol. The number of nitrogens with zero attached hydrogens (tertiary/aromatic N) is 5. The third-order valence-electron chi connectivity index (χ3n) is 4.63. The summed E-state index contributed by atoms with van der Waals surface area (Å²) < 4.78 is 7.55. The van der Waals surface area contributed by atoms with Crippen LogP contribution in [-0.4, -0.2) is 76.6 Å². The van der Waals surface area contributed by atoms with Crippen molar-refractivity contribution in [3.05, 3.63) is 18.0 Å². The predicted molar refractivity (Wildman–Crippen MR) is 86.7 cm³/mol. The van der Waals surface area contributed by atoms with Crippen LogP contribution in [0.15, 0.2) is 12.3 Å². The summed E-state index contributed by atoms with van der Waals surface area (Å²) in [5.41, 5.74) is 0.849. The van der Waals surface area contributed by atoms with Crippen molar-refractivity contribution in [2.24, 2.45) is 5.92 Å². The Morgan fingerprint density at radius 1 is 1.39 bits per heavy atom. The van der Waals surface area contributed by atoms with Crippen molar-refractivity contribution in [1.82, 2.24) is 24.8 Å². The molecule has 0 aromatic carbocycles. The number of carbonyl (C=O) groups excluding carboxylic acids is 1. The second kappa shape index (κ2) is 6.80. The molecule has 0 aliphatic carbocycles. The number of allylic oxidation sites excluding steroid dienone is 1. The van der Waals surface area contributed by atoms with Gasteiger partial charge in [-0.05, 0) is 26.0 Å². The molecule has 2 fully saturated rings. The molecule has 0 spiro atoms. The molecule has 1 aromatic rings. The Balaban J connectivity index is 1.66. The fraction of sp³-hybridized carbons (Fsp3) is 0.688. The molecule has 2 aliphatic heterocycles. The highest BCUT2D eigenvalue weighted by atomic mass is 16.5. The van der Waals surface area contributed by atoms with E-state index in [0.717, 1.165) is 18.8 Å². The van der Waals surface area contributed by atoms with Crippen molar-refractivity contribution in [1.29, 1.82) is 0 Å². The largest absolute Gasteiger partial charge is 0.366 e. The van der Waals surface area contributed by atoms with Gasteiger partial charge in [-0.2, -0.15) is 0 Å². The van der Waals surface area contributed by atoms with E-state index in [4.69, 9.17) is 4.74 Å². The van der Waals surface area contributed by atoms with E-state index >= 15 is 0 Å². The minimum Gasteiger partial charge on any atom is -0.366 e. The molecular weight excluding hydrogens is 294 g/mol. The molecule has 1 aromatic heterocycles. The first kappa shape index (κ1) is 16.1. The second-order valence-corrected chi connectivity index (χ2v) is 6.53. The van der Waals surface area contributed by atoms with E-state index in [9.17, 15) is 4.79 Å². The number of hydrogen-bond donors (Lipinski definition) is 0. The molecular formula is C16H25N5O2. The summed E-state index contributed by atoms with van der Waals surface area (Å²) in [6.45, 7) is 7.70. The SMILES string of the molecule is C/C=C/c1cn([C@@H]2CN(C(=O)C3CN(C)CCO3)C[C@@H]2C)nn1. The van der Waals surface area contributed by atoms with E-state index in [-0.39, 0.29) is 18.1 Å². The number of aromatic nitrogens is 3. The second-order valence-electron chi connectivity index (χ2n) is 6.53. The van der Waals surface area contributed by atoms with Gasteiger partial charge in [0, 0.05) is 26.2 Å². The Kier molecular flexibility index (Phi) is 4.77. The molecule has 3 rings (SSSR count). The number of hydrogen-bond acceptors (Lipinski definition) is 5. The maximum Gasteiger partial charge on any atom is 0.253 e. The minimum absolute atomic E-state index is 0.0969. The van der Waals surface area contributed by atoms with Crippen LogP contribution in [0.1, 0.15) is 25.6 Å². The van der Waals surface area contributed by atoms with Gasteiger partial charge in [0.05, 0.1) is 18.8 Å². The highest BCUT2D eigenvalue weighted by molar-refractivity contribution is 5.81. The van der Waals surface area contributed by atoms with Gasteiger partial charge in [0.1, 0.15) is 11.8 Å². The van der Waals surface area contributed by atoms with Crippen LogP contribution in [0.4, 0.5) is 0 Å². The predicted octanol–water partition coefficient (Wildman–Crippen LogP) is 0.661. The Bertz CT molecular complexity index is 585. The average Bonchev–Trinajstić information content (AvgIpc) is 3.13. The van der Waals surface area contributed by atoms with Crippen LogP contribution >= 0.6 is 0 Å².